The zero-order valence-corrected chi connectivity index (χ0v) is 16.9. The molecule has 1 aliphatic rings. The van der Waals surface area contributed by atoms with Crippen molar-refractivity contribution in [2.45, 2.75) is 12.5 Å². The van der Waals surface area contributed by atoms with Gasteiger partial charge in [0.05, 0.1) is 6.21 Å². The van der Waals surface area contributed by atoms with Crippen LogP contribution in [0.15, 0.2) is 90.0 Å². The summed E-state index contributed by atoms with van der Waals surface area (Å²) in [6.45, 7) is 1.94. The minimum Gasteiger partial charge on any atom is -0.358 e. The van der Waals surface area contributed by atoms with Crippen molar-refractivity contribution in [2.75, 3.05) is 0 Å². The van der Waals surface area contributed by atoms with Gasteiger partial charge in [0.25, 0.3) is 5.91 Å². The van der Waals surface area contributed by atoms with Crippen LogP contribution in [0.4, 0.5) is 4.79 Å². The maximum Gasteiger partial charge on any atom is 0.346 e. The van der Waals surface area contributed by atoms with Crippen LogP contribution in [0.3, 0.4) is 0 Å². The molecule has 1 saturated heterocycles. The van der Waals surface area contributed by atoms with Crippen molar-refractivity contribution in [2.24, 2.45) is 5.10 Å². The summed E-state index contributed by atoms with van der Waals surface area (Å²) in [6, 6.07) is 25.8. The first-order valence-corrected chi connectivity index (χ1v) is 10.0. The fourth-order valence-electron chi connectivity index (χ4n) is 4.14. The Bertz CT molecular complexity index is 1270. The molecule has 1 aromatic heterocycles. The molecule has 5 rings (SSSR count). The number of aromatic nitrogens is 1. The second-order valence-corrected chi connectivity index (χ2v) is 7.48. The van der Waals surface area contributed by atoms with Gasteiger partial charge in [0, 0.05) is 22.2 Å². The number of rotatable bonds is 4. The van der Waals surface area contributed by atoms with Crippen molar-refractivity contribution in [3.05, 3.63) is 107 Å². The van der Waals surface area contributed by atoms with Gasteiger partial charge < -0.3 is 10.3 Å². The van der Waals surface area contributed by atoms with Crippen LogP contribution < -0.4 is 5.32 Å². The van der Waals surface area contributed by atoms with Gasteiger partial charge in [-0.25, -0.2) is 4.79 Å². The van der Waals surface area contributed by atoms with E-state index in [1.54, 1.807) is 6.21 Å². The molecule has 0 saturated carbocycles. The average molecular weight is 408 g/mol. The highest BCUT2D eigenvalue weighted by atomic mass is 16.2. The fourth-order valence-corrected chi connectivity index (χ4v) is 4.14. The Labute approximate surface area is 179 Å². The molecule has 4 aromatic rings. The molecule has 0 aliphatic carbocycles. The third kappa shape index (κ3) is 2.92. The van der Waals surface area contributed by atoms with E-state index >= 15 is 0 Å². The Morgan fingerprint density at radius 2 is 1.42 bits per heavy atom. The van der Waals surface area contributed by atoms with Crippen LogP contribution in [0.2, 0.25) is 0 Å². The number of hydrazone groups is 1. The quantitative estimate of drug-likeness (QED) is 0.390. The molecule has 0 unspecified atom stereocenters. The first kappa shape index (κ1) is 18.8. The Morgan fingerprint density at radius 1 is 0.839 bits per heavy atom. The second-order valence-electron chi connectivity index (χ2n) is 7.48. The van der Waals surface area contributed by atoms with Crippen LogP contribution in [0, 0.1) is 6.92 Å². The highest BCUT2D eigenvalue weighted by molar-refractivity contribution is 6.10. The average Bonchev–Trinajstić information content (AvgIpc) is 3.26. The van der Waals surface area contributed by atoms with Gasteiger partial charge in [-0.2, -0.15) is 5.10 Å². The molecule has 152 valence electrons. The summed E-state index contributed by atoms with van der Waals surface area (Å²) in [6.07, 6.45) is 1.57. The Balaban J connectivity index is 1.59. The lowest BCUT2D eigenvalue weighted by Gasteiger charge is -2.27. The molecule has 0 radical (unpaired) electrons. The molecule has 1 aliphatic heterocycles. The summed E-state index contributed by atoms with van der Waals surface area (Å²) in [4.78, 5) is 29.9. The number of imide groups is 1. The van der Waals surface area contributed by atoms with Crippen LogP contribution in [0.5, 0.6) is 0 Å². The molecular formula is C25H20N4O2. The topological polar surface area (TPSA) is 77.6 Å². The van der Waals surface area contributed by atoms with Gasteiger partial charge in [-0.1, -0.05) is 78.9 Å². The predicted octanol–water partition coefficient (Wildman–Crippen LogP) is 4.31. The van der Waals surface area contributed by atoms with Crippen molar-refractivity contribution in [3.63, 3.8) is 0 Å². The third-order valence-electron chi connectivity index (χ3n) is 5.66. The van der Waals surface area contributed by atoms with E-state index in [2.05, 4.69) is 15.4 Å². The van der Waals surface area contributed by atoms with E-state index in [-0.39, 0.29) is 0 Å². The van der Waals surface area contributed by atoms with Gasteiger partial charge >= 0.3 is 6.03 Å². The summed E-state index contributed by atoms with van der Waals surface area (Å²) in [5.41, 5.74) is 2.76. The maximum absolute atomic E-state index is 13.7. The van der Waals surface area contributed by atoms with E-state index < -0.39 is 17.5 Å². The standard InChI is InChI=1S/C25H20N4O2/c1-17-21(20-14-8-9-15-22(20)27-17)16-26-29-23(30)25(28-24(29)31,18-10-4-2-5-11-18)19-12-6-3-7-13-19/h2-16,27H,1H3,(H,28,31)/b26-16+. The number of urea groups is 1. The Kier molecular flexibility index (Phi) is 4.40. The van der Waals surface area contributed by atoms with Gasteiger partial charge in [-0.05, 0) is 24.1 Å². The lowest BCUT2D eigenvalue weighted by atomic mass is 9.83. The van der Waals surface area contributed by atoms with Crippen molar-refractivity contribution >= 4 is 29.1 Å². The largest absolute Gasteiger partial charge is 0.358 e. The molecular weight excluding hydrogens is 388 g/mol. The minimum absolute atomic E-state index is 0.441. The lowest BCUT2D eigenvalue weighted by molar-refractivity contribution is -0.130. The normalized spacial score (nSPS) is 15.7. The van der Waals surface area contributed by atoms with Crippen LogP contribution in [0.25, 0.3) is 10.9 Å². The van der Waals surface area contributed by atoms with E-state index in [4.69, 9.17) is 0 Å². The fraction of sp³-hybridized carbons (Fsp3) is 0.0800. The van der Waals surface area contributed by atoms with E-state index in [9.17, 15) is 9.59 Å². The number of fused-ring (bicyclic) bond motifs is 1. The molecule has 1 fully saturated rings. The number of aryl methyl sites for hydroxylation is 1. The number of amides is 3. The molecule has 0 bridgehead atoms. The van der Waals surface area contributed by atoms with Gasteiger partial charge in [0.1, 0.15) is 0 Å². The van der Waals surface area contributed by atoms with Crippen molar-refractivity contribution in [1.29, 1.82) is 0 Å². The summed E-state index contributed by atoms with van der Waals surface area (Å²) in [5.74, 6) is -0.441. The molecule has 0 atom stereocenters. The number of carbonyl (C=O) groups is 2. The van der Waals surface area contributed by atoms with Crippen molar-refractivity contribution in [3.8, 4) is 0 Å². The van der Waals surface area contributed by atoms with Crippen LogP contribution in [0.1, 0.15) is 22.4 Å². The number of carbonyl (C=O) groups excluding carboxylic acids is 2. The first-order chi connectivity index (χ1) is 15.1. The highest BCUT2D eigenvalue weighted by Gasteiger charge is 2.54. The van der Waals surface area contributed by atoms with Gasteiger partial charge in [-0.15, -0.1) is 5.01 Å². The predicted molar refractivity (Wildman–Crippen MR) is 120 cm³/mol. The SMILES string of the molecule is Cc1[nH]c2ccccc2c1/C=N/N1C(=O)NC(c2ccccc2)(c2ccccc2)C1=O. The van der Waals surface area contributed by atoms with Crippen molar-refractivity contribution < 1.29 is 9.59 Å². The lowest BCUT2D eigenvalue weighted by Crippen LogP contribution is -2.44. The Morgan fingerprint density at radius 3 is 2.06 bits per heavy atom. The minimum atomic E-state index is -1.33. The van der Waals surface area contributed by atoms with Crippen LogP contribution >= 0.6 is 0 Å². The molecule has 3 aromatic carbocycles. The molecule has 6 heteroatoms. The number of hydrogen-bond acceptors (Lipinski definition) is 3. The summed E-state index contributed by atoms with van der Waals surface area (Å²) >= 11 is 0. The molecule has 3 amide bonds. The van der Waals surface area contributed by atoms with Gasteiger partial charge in [0.2, 0.25) is 0 Å². The first-order valence-electron chi connectivity index (χ1n) is 10.0. The number of H-pyrrole nitrogens is 1. The van der Waals surface area contributed by atoms with Crippen LogP contribution in [-0.4, -0.2) is 28.1 Å². The molecule has 6 nitrogen and oxygen atoms in total. The summed E-state index contributed by atoms with van der Waals surface area (Å²) in [7, 11) is 0. The Hall–Kier alpha value is -4.19. The number of nitrogens with one attached hydrogen (secondary N) is 2. The number of benzene rings is 3. The number of hydrogen-bond donors (Lipinski definition) is 2. The van der Waals surface area contributed by atoms with E-state index in [1.165, 1.54) is 0 Å². The van der Waals surface area contributed by atoms with Crippen LogP contribution in [-0.2, 0) is 10.3 Å². The summed E-state index contributed by atoms with van der Waals surface area (Å²) in [5, 5.41) is 9.11. The number of aromatic amines is 1. The molecule has 2 N–H and O–H groups in total. The second kappa shape index (κ2) is 7.25. The van der Waals surface area contributed by atoms with E-state index in [0.29, 0.717) is 11.1 Å². The van der Waals surface area contributed by atoms with Gasteiger partial charge in [-0.3, -0.25) is 4.79 Å². The monoisotopic (exact) mass is 408 g/mol. The highest BCUT2D eigenvalue weighted by Crippen LogP contribution is 2.36. The summed E-state index contributed by atoms with van der Waals surface area (Å²) < 4.78 is 0. The molecule has 2 heterocycles. The van der Waals surface area contributed by atoms with Crippen molar-refractivity contribution in [1.82, 2.24) is 15.3 Å². The number of para-hydroxylation sites is 1. The number of nitrogens with zero attached hydrogens (tertiary/aromatic N) is 2. The zero-order chi connectivity index (χ0) is 21.4. The molecule has 31 heavy (non-hydrogen) atoms. The molecule has 0 spiro atoms. The zero-order valence-electron chi connectivity index (χ0n) is 16.9. The third-order valence-corrected chi connectivity index (χ3v) is 5.66. The smallest absolute Gasteiger partial charge is 0.346 e. The van der Waals surface area contributed by atoms with E-state index in [1.807, 2.05) is 91.9 Å². The van der Waals surface area contributed by atoms with Gasteiger partial charge in [0.15, 0.2) is 5.54 Å². The van der Waals surface area contributed by atoms with E-state index in [0.717, 1.165) is 27.2 Å². The maximum atomic E-state index is 13.7.